The van der Waals surface area contributed by atoms with Crippen molar-refractivity contribution < 1.29 is 23.8 Å². The zero-order chi connectivity index (χ0) is 21.9. The Balaban J connectivity index is 1.48. The van der Waals surface area contributed by atoms with Gasteiger partial charge in [0.1, 0.15) is 11.5 Å². The van der Waals surface area contributed by atoms with Gasteiger partial charge in [-0.25, -0.2) is 4.79 Å². The van der Waals surface area contributed by atoms with Crippen molar-refractivity contribution in [2.75, 3.05) is 25.1 Å². The first-order valence-electron chi connectivity index (χ1n) is 10.1. The third-order valence-electron chi connectivity index (χ3n) is 4.38. The number of benzene rings is 3. The van der Waals surface area contributed by atoms with Crippen molar-refractivity contribution in [3.05, 3.63) is 90.0 Å². The molecule has 0 aromatic heterocycles. The van der Waals surface area contributed by atoms with E-state index in [0.717, 1.165) is 11.1 Å². The molecule has 0 aliphatic rings. The number of carbonyl (C=O) groups excluding carboxylic acids is 2. The molecule has 6 heteroatoms. The van der Waals surface area contributed by atoms with Gasteiger partial charge in [-0.2, -0.15) is 0 Å². The Morgan fingerprint density at radius 3 is 2.23 bits per heavy atom. The molecule has 0 unspecified atom stereocenters. The number of hydrogen-bond donors (Lipinski definition) is 1. The van der Waals surface area contributed by atoms with Gasteiger partial charge in [-0.3, -0.25) is 4.79 Å². The van der Waals surface area contributed by atoms with Crippen LogP contribution in [0.4, 0.5) is 5.69 Å². The summed E-state index contributed by atoms with van der Waals surface area (Å²) in [7, 11) is 0. The summed E-state index contributed by atoms with van der Waals surface area (Å²) in [6.45, 7) is 1.65. The summed E-state index contributed by atoms with van der Waals surface area (Å²) in [5.41, 5.74) is 2.63. The summed E-state index contributed by atoms with van der Waals surface area (Å²) in [5, 5.41) is 2.68. The van der Waals surface area contributed by atoms with Gasteiger partial charge in [-0.1, -0.05) is 60.7 Å². The van der Waals surface area contributed by atoms with Crippen LogP contribution in [0.15, 0.2) is 78.9 Å². The SMILES string of the molecule is CCOc1ccccc1NC(=O)COC(=O)COc1ccccc1Cc1ccccc1. The van der Waals surface area contributed by atoms with Crippen LogP contribution in [-0.2, 0) is 20.7 Å². The monoisotopic (exact) mass is 419 g/mol. The maximum absolute atomic E-state index is 12.1. The van der Waals surface area contributed by atoms with Crippen LogP contribution in [0.2, 0.25) is 0 Å². The second kappa shape index (κ2) is 11.4. The Bertz CT molecular complexity index is 1000. The maximum atomic E-state index is 12.1. The van der Waals surface area contributed by atoms with E-state index >= 15 is 0 Å². The van der Waals surface area contributed by atoms with Gasteiger partial charge in [0.15, 0.2) is 13.2 Å². The van der Waals surface area contributed by atoms with Gasteiger partial charge in [0.25, 0.3) is 5.91 Å². The van der Waals surface area contributed by atoms with E-state index in [4.69, 9.17) is 14.2 Å². The van der Waals surface area contributed by atoms with Crippen LogP contribution in [0.5, 0.6) is 11.5 Å². The zero-order valence-corrected chi connectivity index (χ0v) is 17.4. The van der Waals surface area contributed by atoms with Crippen molar-refractivity contribution in [2.24, 2.45) is 0 Å². The van der Waals surface area contributed by atoms with E-state index in [1.54, 1.807) is 18.2 Å². The smallest absolute Gasteiger partial charge is 0.344 e. The standard InChI is InChI=1S/C25H25NO5/c1-2-29-23-15-9-7-13-21(23)26-24(27)17-31-25(28)18-30-22-14-8-6-12-20(22)16-19-10-4-3-5-11-19/h3-15H,2,16-18H2,1H3,(H,26,27). The number of amides is 1. The summed E-state index contributed by atoms with van der Waals surface area (Å²) in [6, 6.07) is 24.6. The van der Waals surface area contributed by atoms with Crippen molar-refractivity contribution in [1.29, 1.82) is 0 Å². The van der Waals surface area contributed by atoms with E-state index in [0.29, 0.717) is 30.2 Å². The molecule has 0 bridgehead atoms. The molecule has 0 spiro atoms. The van der Waals surface area contributed by atoms with Crippen LogP contribution in [0.25, 0.3) is 0 Å². The summed E-state index contributed by atoms with van der Waals surface area (Å²) in [4.78, 5) is 24.2. The highest BCUT2D eigenvalue weighted by atomic mass is 16.6. The Morgan fingerprint density at radius 1 is 0.774 bits per heavy atom. The third-order valence-corrected chi connectivity index (χ3v) is 4.38. The lowest BCUT2D eigenvalue weighted by molar-refractivity contribution is -0.149. The van der Waals surface area contributed by atoms with E-state index in [-0.39, 0.29) is 6.61 Å². The normalized spacial score (nSPS) is 10.2. The largest absolute Gasteiger partial charge is 0.492 e. The number of nitrogens with one attached hydrogen (secondary N) is 1. The highest BCUT2D eigenvalue weighted by Gasteiger charge is 2.12. The molecule has 3 aromatic rings. The van der Waals surface area contributed by atoms with Gasteiger partial charge in [0.2, 0.25) is 0 Å². The Morgan fingerprint density at radius 2 is 1.45 bits per heavy atom. The molecule has 0 radical (unpaired) electrons. The van der Waals surface area contributed by atoms with Crippen LogP contribution < -0.4 is 14.8 Å². The summed E-state index contributed by atoms with van der Waals surface area (Å²) < 4.78 is 16.1. The fourth-order valence-electron chi connectivity index (χ4n) is 2.97. The summed E-state index contributed by atoms with van der Waals surface area (Å²) in [6.07, 6.45) is 0.688. The van der Waals surface area contributed by atoms with Crippen molar-refractivity contribution in [3.63, 3.8) is 0 Å². The Kier molecular flexibility index (Phi) is 8.05. The molecule has 1 amide bonds. The van der Waals surface area contributed by atoms with Crippen molar-refractivity contribution in [2.45, 2.75) is 13.3 Å². The molecule has 31 heavy (non-hydrogen) atoms. The quantitative estimate of drug-likeness (QED) is 0.498. The molecule has 1 N–H and O–H groups in total. The molecule has 0 heterocycles. The van der Waals surface area contributed by atoms with E-state index < -0.39 is 18.5 Å². The van der Waals surface area contributed by atoms with Crippen LogP contribution in [-0.4, -0.2) is 31.7 Å². The minimum absolute atomic E-state index is 0.283. The van der Waals surface area contributed by atoms with Crippen molar-refractivity contribution >= 4 is 17.6 Å². The molecule has 0 saturated carbocycles. The molecule has 0 atom stereocenters. The second-order valence-electron chi connectivity index (χ2n) is 6.70. The van der Waals surface area contributed by atoms with Crippen LogP contribution in [0.3, 0.4) is 0 Å². The summed E-state index contributed by atoms with van der Waals surface area (Å²) >= 11 is 0. The average molecular weight is 419 g/mol. The molecule has 0 aliphatic carbocycles. The fourth-order valence-corrected chi connectivity index (χ4v) is 2.97. The topological polar surface area (TPSA) is 73.9 Å². The molecular formula is C25H25NO5. The highest BCUT2D eigenvalue weighted by Crippen LogP contribution is 2.23. The molecular weight excluding hydrogens is 394 g/mol. The lowest BCUT2D eigenvalue weighted by Crippen LogP contribution is -2.24. The Labute approximate surface area is 181 Å². The second-order valence-corrected chi connectivity index (χ2v) is 6.70. The number of anilines is 1. The molecule has 0 aliphatic heterocycles. The first-order valence-corrected chi connectivity index (χ1v) is 10.1. The van der Waals surface area contributed by atoms with Gasteiger partial charge in [-0.15, -0.1) is 0 Å². The number of hydrogen-bond acceptors (Lipinski definition) is 5. The van der Waals surface area contributed by atoms with Crippen LogP contribution in [0.1, 0.15) is 18.1 Å². The number of para-hydroxylation sites is 3. The number of carbonyl (C=O) groups is 2. The van der Waals surface area contributed by atoms with E-state index in [1.807, 2.05) is 67.6 Å². The number of rotatable bonds is 10. The molecule has 3 rings (SSSR count). The highest BCUT2D eigenvalue weighted by molar-refractivity contribution is 5.94. The molecule has 6 nitrogen and oxygen atoms in total. The first kappa shape index (κ1) is 21.9. The molecule has 3 aromatic carbocycles. The number of ether oxygens (including phenoxy) is 3. The zero-order valence-electron chi connectivity index (χ0n) is 17.4. The maximum Gasteiger partial charge on any atom is 0.344 e. The van der Waals surface area contributed by atoms with E-state index in [1.165, 1.54) is 0 Å². The third kappa shape index (κ3) is 6.89. The van der Waals surface area contributed by atoms with Crippen molar-refractivity contribution in [1.82, 2.24) is 0 Å². The molecule has 0 saturated heterocycles. The Hall–Kier alpha value is -3.80. The van der Waals surface area contributed by atoms with Gasteiger partial charge < -0.3 is 19.5 Å². The van der Waals surface area contributed by atoms with Crippen LogP contribution in [0, 0.1) is 0 Å². The molecule has 0 fully saturated rings. The average Bonchev–Trinajstić information content (AvgIpc) is 2.79. The van der Waals surface area contributed by atoms with E-state index in [9.17, 15) is 9.59 Å². The van der Waals surface area contributed by atoms with Gasteiger partial charge in [-0.05, 0) is 36.2 Å². The van der Waals surface area contributed by atoms with Gasteiger partial charge in [0.05, 0.1) is 12.3 Å². The minimum atomic E-state index is -0.622. The summed E-state index contributed by atoms with van der Waals surface area (Å²) in [5.74, 6) is 0.0918. The fraction of sp³-hybridized carbons (Fsp3) is 0.200. The van der Waals surface area contributed by atoms with E-state index in [2.05, 4.69) is 5.32 Å². The lowest BCUT2D eigenvalue weighted by Gasteiger charge is -2.12. The number of esters is 1. The molecule has 160 valence electrons. The first-order chi connectivity index (χ1) is 15.2. The van der Waals surface area contributed by atoms with Gasteiger partial charge in [0, 0.05) is 6.42 Å². The lowest BCUT2D eigenvalue weighted by atomic mass is 10.0. The minimum Gasteiger partial charge on any atom is -0.492 e. The van der Waals surface area contributed by atoms with Crippen molar-refractivity contribution in [3.8, 4) is 11.5 Å². The van der Waals surface area contributed by atoms with Gasteiger partial charge >= 0.3 is 5.97 Å². The van der Waals surface area contributed by atoms with Crippen LogP contribution >= 0.6 is 0 Å². The predicted octanol–water partition coefficient (Wildman–Crippen LogP) is 4.24. The predicted molar refractivity (Wildman–Crippen MR) is 118 cm³/mol.